The molecule has 4 nitrogen and oxygen atoms in total. The summed E-state index contributed by atoms with van der Waals surface area (Å²) in [4.78, 5) is 10.1. The van der Waals surface area contributed by atoms with E-state index < -0.39 is 0 Å². The second-order valence-electron chi connectivity index (χ2n) is 20.9. The minimum Gasteiger partial charge on any atom is -0.291 e. The van der Waals surface area contributed by atoms with Gasteiger partial charge in [0.15, 0.2) is 11.6 Å². The van der Waals surface area contributed by atoms with E-state index in [0.29, 0.717) is 23.7 Å². The first-order chi connectivity index (χ1) is 29.3. The lowest BCUT2D eigenvalue weighted by Gasteiger charge is -2.34. The maximum atomic E-state index is 2.54. The lowest BCUT2D eigenvalue weighted by molar-refractivity contribution is 0.590. The van der Waals surface area contributed by atoms with Crippen molar-refractivity contribution in [2.75, 3.05) is 19.6 Å². The van der Waals surface area contributed by atoms with Crippen molar-refractivity contribution in [1.82, 2.24) is 0 Å². The summed E-state index contributed by atoms with van der Waals surface area (Å²) in [5.41, 5.74) is 17.0. The second-order valence-corrected chi connectivity index (χ2v) is 20.9. The number of fused-ring (bicyclic) bond motifs is 2. The highest BCUT2D eigenvalue weighted by molar-refractivity contribution is 6.00. The standard InChI is InChI=1S/C58H68N4/c1-37(2)41-15-25-47(26-16-41)59-51-33-23-45(57(9,10)11)35-53(51)61(49-29-19-43(20-30-49)39(5)6)55(59)56-60(48-27-17-42(18-28-48)38(3)4)52-34-24-46(58(12,13)14)36-54(52)62(56)50-31-21-44(22-32-50)40(7)8/h15-40H,1-14H3/b56-55+. The molecule has 6 aromatic rings. The molecule has 0 saturated heterocycles. The van der Waals surface area contributed by atoms with Gasteiger partial charge in [0, 0.05) is 22.7 Å². The van der Waals surface area contributed by atoms with E-state index in [1.54, 1.807) is 0 Å². The van der Waals surface area contributed by atoms with Gasteiger partial charge in [-0.25, -0.2) is 0 Å². The van der Waals surface area contributed by atoms with Crippen LogP contribution in [0.3, 0.4) is 0 Å². The molecule has 0 aliphatic carbocycles. The van der Waals surface area contributed by atoms with Crippen LogP contribution in [0.4, 0.5) is 45.5 Å². The van der Waals surface area contributed by atoms with Crippen LogP contribution in [0.15, 0.2) is 145 Å². The fourth-order valence-corrected chi connectivity index (χ4v) is 8.85. The number of benzene rings is 6. The van der Waals surface area contributed by atoms with Gasteiger partial charge in [0.2, 0.25) is 0 Å². The Labute approximate surface area is 373 Å². The molecule has 8 rings (SSSR count). The highest BCUT2D eigenvalue weighted by Gasteiger charge is 2.45. The molecule has 2 heterocycles. The summed E-state index contributed by atoms with van der Waals surface area (Å²) in [5, 5.41) is 0. The zero-order chi connectivity index (χ0) is 44.4. The van der Waals surface area contributed by atoms with Crippen LogP contribution in [0.5, 0.6) is 0 Å². The zero-order valence-electron chi connectivity index (χ0n) is 39.8. The molecule has 0 N–H and O–H groups in total. The average Bonchev–Trinajstić information content (AvgIpc) is 3.75. The molecule has 0 fully saturated rings. The van der Waals surface area contributed by atoms with Gasteiger partial charge in [-0.3, -0.25) is 19.6 Å². The minimum absolute atomic E-state index is 0.0524. The molecule has 4 heteroatoms. The third-order valence-electron chi connectivity index (χ3n) is 13.0. The van der Waals surface area contributed by atoms with Crippen molar-refractivity contribution in [3.05, 3.63) is 178 Å². The molecule has 0 radical (unpaired) electrons. The molecule has 0 amide bonds. The van der Waals surface area contributed by atoms with Crippen LogP contribution in [-0.4, -0.2) is 0 Å². The van der Waals surface area contributed by atoms with Crippen LogP contribution >= 0.6 is 0 Å². The monoisotopic (exact) mass is 821 g/mol. The number of hydrogen-bond donors (Lipinski definition) is 0. The van der Waals surface area contributed by atoms with Gasteiger partial charge in [0.1, 0.15) is 0 Å². The van der Waals surface area contributed by atoms with E-state index in [9.17, 15) is 0 Å². The molecule has 62 heavy (non-hydrogen) atoms. The number of anilines is 8. The fourth-order valence-electron chi connectivity index (χ4n) is 8.85. The lowest BCUT2D eigenvalue weighted by atomic mass is 9.86. The normalized spacial score (nSPS) is 15.5. The zero-order valence-corrected chi connectivity index (χ0v) is 39.8. The third kappa shape index (κ3) is 7.82. The molecule has 0 aromatic heterocycles. The number of nitrogens with zero attached hydrogens (tertiary/aromatic N) is 4. The second kappa shape index (κ2) is 16.2. The van der Waals surface area contributed by atoms with Crippen LogP contribution in [0.25, 0.3) is 0 Å². The highest BCUT2D eigenvalue weighted by Crippen LogP contribution is 2.58. The van der Waals surface area contributed by atoms with Gasteiger partial charge in [-0.15, -0.1) is 0 Å². The van der Waals surface area contributed by atoms with Gasteiger partial charge in [-0.05, 0) is 141 Å². The molecule has 0 bridgehead atoms. The van der Waals surface area contributed by atoms with Crippen molar-refractivity contribution in [2.24, 2.45) is 0 Å². The SMILES string of the molecule is CC(C)c1ccc(N2/C(=C3/N(c4ccc(C(C)C)cc4)c4ccc(C(C)(C)C)cc4N3c3ccc(C(C)C)cc3)N(c3ccc(C(C)C)cc3)c3cc(C(C)(C)C)ccc32)cc1. The van der Waals surface area contributed by atoms with E-state index >= 15 is 0 Å². The van der Waals surface area contributed by atoms with E-state index in [1.165, 1.54) is 44.8 Å². The Hall–Kier alpha value is -5.74. The summed E-state index contributed by atoms with van der Waals surface area (Å²) in [6.07, 6.45) is 0. The van der Waals surface area contributed by atoms with E-state index in [4.69, 9.17) is 0 Å². The molecule has 6 aromatic carbocycles. The largest absolute Gasteiger partial charge is 0.291 e. The van der Waals surface area contributed by atoms with Crippen LogP contribution in [0.2, 0.25) is 0 Å². The van der Waals surface area contributed by atoms with Gasteiger partial charge >= 0.3 is 0 Å². The van der Waals surface area contributed by atoms with E-state index in [2.05, 4.69) is 250 Å². The van der Waals surface area contributed by atoms with Crippen molar-refractivity contribution in [3.63, 3.8) is 0 Å². The highest BCUT2D eigenvalue weighted by atomic mass is 15.5. The molecule has 0 spiro atoms. The van der Waals surface area contributed by atoms with Gasteiger partial charge in [0.25, 0.3) is 0 Å². The average molecular weight is 821 g/mol. The fraction of sp³-hybridized carbons (Fsp3) is 0.345. The molecule has 2 aliphatic heterocycles. The Balaban J connectivity index is 1.54. The summed E-state index contributed by atoms with van der Waals surface area (Å²) in [6.45, 7) is 32.1. The summed E-state index contributed by atoms with van der Waals surface area (Å²) < 4.78 is 0. The molecule has 0 unspecified atom stereocenters. The third-order valence-corrected chi connectivity index (χ3v) is 13.0. The van der Waals surface area contributed by atoms with Crippen molar-refractivity contribution in [1.29, 1.82) is 0 Å². The van der Waals surface area contributed by atoms with Crippen LogP contribution in [0, 0.1) is 0 Å². The van der Waals surface area contributed by atoms with E-state index in [-0.39, 0.29) is 10.8 Å². The first-order valence-electron chi connectivity index (χ1n) is 23.0. The number of hydrogen-bond acceptors (Lipinski definition) is 4. The van der Waals surface area contributed by atoms with Gasteiger partial charge in [0.05, 0.1) is 22.7 Å². The Morgan fingerprint density at radius 3 is 0.726 bits per heavy atom. The van der Waals surface area contributed by atoms with Crippen molar-refractivity contribution in [3.8, 4) is 0 Å². The summed E-state index contributed by atoms with van der Waals surface area (Å²) >= 11 is 0. The van der Waals surface area contributed by atoms with Crippen molar-refractivity contribution >= 4 is 45.5 Å². The Bertz CT molecular complexity index is 2390. The summed E-state index contributed by atoms with van der Waals surface area (Å²) in [5.74, 6) is 3.85. The van der Waals surface area contributed by atoms with Crippen molar-refractivity contribution < 1.29 is 0 Å². The van der Waals surface area contributed by atoms with Gasteiger partial charge in [-0.1, -0.05) is 158 Å². The van der Waals surface area contributed by atoms with Crippen LogP contribution in [-0.2, 0) is 10.8 Å². The first-order valence-corrected chi connectivity index (χ1v) is 23.0. The van der Waals surface area contributed by atoms with Gasteiger partial charge < -0.3 is 0 Å². The maximum absolute atomic E-state index is 2.54. The topological polar surface area (TPSA) is 13.0 Å². The maximum Gasteiger partial charge on any atom is 0.166 e. The molecule has 0 saturated carbocycles. The smallest absolute Gasteiger partial charge is 0.166 e. The Morgan fingerprint density at radius 1 is 0.290 bits per heavy atom. The van der Waals surface area contributed by atoms with Crippen molar-refractivity contribution in [2.45, 2.75) is 131 Å². The molecular formula is C58H68N4. The Morgan fingerprint density at radius 2 is 0.516 bits per heavy atom. The first kappa shape index (κ1) is 42.9. The molecule has 320 valence electrons. The minimum atomic E-state index is -0.0524. The molecule has 0 atom stereocenters. The Kier molecular flexibility index (Phi) is 11.2. The summed E-state index contributed by atoms with van der Waals surface area (Å²) in [6, 6.07) is 51.4. The molecule has 2 aliphatic rings. The summed E-state index contributed by atoms with van der Waals surface area (Å²) in [7, 11) is 0. The van der Waals surface area contributed by atoms with Gasteiger partial charge in [-0.2, -0.15) is 0 Å². The van der Waals surface area contributed by atoms with Crippen LogP contribution < -0.4 is 19.6 Å². The van der Waals surface area contributed by atoms with Crippen LogP contribution in [0.1, 0.15) is 154 Å². The predicted octanol–water partition coefficient (Wildman–Crippen LogP) is 17.2. The quantitative estimate of drug-likeness (QED) is 0.152. The van der Waals surface area contributed by atoms with E-state index in [0.717, 1.165) is 45.8 Å². The number of rotatable bonds is 8. The lowest BCUT2D eigenvalue weighted by Crippen LogP contribution is -2.33. The van der Waals surface area contributed by atoms with E-state index in [1.807, 2.05) is 0 Å². The molecular weight excluding hydrogens is 753 g/mol. The predicted molar refractivity (Wildman–Crippen MR) is 268 cm³/mol.